The van der Waals surface area contributed by atoms with Crippen LogP contribution in [0.2, 0.25) is 0 Å². The second-order valence-electron chi connectivity index (χ2n) is 8.17. The van der Waals surface area contributed by atoms with E-state index < -0.39 is 0 Å². The van der Waals surface area contributed by atoms with Gasteiger partial charge in [0.1, 0.15) is 0 Å². The van der Waals surface area contributed by atoms with Crippen molar-refractivity contribution in [1.29, 1.82) is 0 Å². The van der Waals surface area contributed by atoms with E-state index in [1.807, 2.05) is 42.7 Å². The molecule has 2 aromatic carbocycles. The summed E-state index contributed by atoms with van der Waals surface area (Å²) in [6.45, 7) is 6.48. The Hall–Kier alpha value is -3.07. The first-order valence-corrected chi connectivity index (χ1v) is 10.1. The normalized spacial score (nSPS) is 15.4. The summed E-state index contributed by atoms with van der Waals surface area (Å²) in [4.78, 5) is 25.2. The average Bonchev–Trinajstić information content (AvgIpc) is 2.99. The maximum Gasteiger partial charge on any atom is 0.180 e. The highest BCUT2D eigenvalue weighted by molar-refractivity contribution is 6.02. The molecule has 4 rings (SSSR count). The summed E-state index contributed by atoms with van der Waals surface area (Å²) in [6, 6.07) is 16.3. The van der Waals surface area contributed by atoms with Gasteiger partial charge in [0, 0.05) is 23.1 Å². The Balaban J connectivity index is 1.59. The van der Waals surface area contributed by atoms with E-state index >= 15 is 0 Å². The van der Waals surface area contributed by atoms with Crippen LogP contribution in [-0.2, 0) is 19.4 Å². The van der Waals surface area contributed by atoms with E-state index in [-0.39, 0.29) is 17.5 Å². The van der Waals surface area contributed by atoms with E-state index in [9.17, 15) is 9.59 Å². The van der Waals surface area contributed by atoms with Gasteiger partial charge in [0.25, 0.3) is 0 Å². The van der Waals surface area contributed by atoms with Crippen LogP contribution in [0, 0.1) is 19.8 Å². The van der Waals surface area contributed by atoms with E-state index in [1.54, 1.807) is 6.92 Å². The largest absolute Gasteiger partial charge is 0.294 e. The highest BCUT2D eigenvalue weighted by Crippen LogP contribution is 2.30. The molecule has 0 radical (unpaired) electrons. The summed E-state index contributed by atoms with van der Waals surface area (Å²) in [7, 11) is 0. The van der Waals surface area contributed by atoms with Crippen LogP contribution in [0.15, 0.2) is 60.9 Å². The van der Waals surface area contributed by atoms with Crippen molar-refractivity contribution in [2.24, 2.45) is 5.92 Å². The van der Waals surface area contributed by atoms with Crippen LogP contribution in [0.5, 0.6) is 0 Å². The number of carbonyl (C=O) groups excluding carboxylic acids is 2. The lowest BCUT2D eigenvalue weighted by molar-refractivity contribution is -0.688. The number of pyridine rings is 1. The van der Waals surface area contributed by atoms with Crippen molar-refractivity contribution in [3.63, 3.8) is 0 Å². The van der Waals surface area contributed by atoms with Crippen molar-refractivity contribution in [2.45, 2.75) is 40.2 Å². The molecule has 146 valence electrons. The van der Waals surface area contributed by atoms with Gasteiger partial charge in [0.05, 0.1) is 5.56 Å². The lowest BCUT2D eigenvalue weighted by Gasteiger charge is -2.11. The van der Waals surface area contributed by atoms with E-state index in [2.05, 4.69) is 36.6 Å². The Morgan fingerprint density at radius 2 is 1.86 bits per heavy atom. The van der Waals surface area contributed by atoms with Gasteiger partial charge in [0.2, 0.25) is 0 Å². The van der Waals surface area contributed by atoms with Gasteiger partial charge in [-0.2, -0.15) is 0 Å². The topological polar surface area (TPSA) is 38.0 Å². The van der Waals surface area contributed by atoms with Crippen molar-refractivity contribution < 1.29 is 14.2 Å². The summed E-state index contributed by atoms with van der Waals surface area (Å²) in [6.07, 6.45) is 5.31. The average molecular weight is 384 g/mol. The number of carbonyl (C=O) groups is 2. The molecular formula is C26H26NO2+. The third-order valence-electron chi connectivity index (χ3n) is 5.93. The zero-order valence-corrected chi connectivity index (χ0v) is 17.2. The molecule has 0 spiro atoms. The molecule has 1 atom stereocenters. The predicted octanol–water partition coefficient (Wildman–Crippen LogP) is 4.44. The molecule has 0 saturated heterocycles. The first kappa shape index (κ1) is 19.3. The zero-order valence-electron chi connectivity index (χ0n) is 17.2. The number of Topliss-reactive ketones (excluding diaryl/α,β-unsaturated/α-hetero) is 2. The van der Waals surface area contributed by atoms with Gasteiger partial charge in [0.15, 0.2) is 30.5 Å². The number of hydrogen-bond acceptors (Lipinski definition) is 2. The van der Waals surface area contributed by atoms with Crippen molar-refractivity contribution in [2.75, 3.05) is 0 Å². The highest BCUT2D eigenvalue weighted by atomic mass is 16.1. The van der Waals surface area contributed by atoms with Crippen molar-refractivity contribution >= 4 is 11.6 Å². The highest BCUT2D eigenvalue weighted by Gasteiger charge is 2.31. The fourth-order valence-electron chi connectivity index (χ4n) is 4.28. The molecule has 1 aliphatic carbocycles. The lowest BCUT2D eigenvalue weighted by atomic mass is 9.92. The molecule has 1 unspecified atom stereocenters. The molecule has 0 N–H and O–H groups in total. The van der Waals surface area contributed by atoms with Gasteiger partial charge in [-0.15, -0.1) is 0 Å². The van der Waals surface area contributed by atoms with Crippen LogP contribution in [0.1, 0.15) is 55.5 Å². The number of fused-ring (bicyclic) bond motifs is 1. The summed E-state index contributed by atoms with van der Waals surface area (Å²) in [5.74, 6) is 0.154. The van der Waals surface area contributed by atoms with E-state index in [1.165, 1.54) is 16.7 Å². The first-order chi connectivity index (χ1) is 13.9. The number of aryl methyl sites for hydroxylation is 2. The molecule has 0 bridgehead atoms. The van der Waals surface area contributed by atoms with Crippen LogP contribution in [0.4, 0.5) is 0 Å². The molecule has 3 nitrogen and oxygen atoms in total. The molecule has 1 aliphatic rings. The van der Waals surface area contributed by atoms with Gasteiger partial charge < -0.3 is 0 Å². The summed E-state index contributed by atoms with van der Waals surface area (Å²) in [5.41, 5.74) is 7.29. The van der Waals surface area contributed by atoms with Crippen LogP contribution < -0.4 is 4.57 Å². The van der Waals surface area contributed by atoms with Gasteiger partial charge >= 0.3 is 0 Å². The molecule has 1 heterocycles. The number of rotatable bonds is 5. The standard InChI is InChI=1S/C26H26NO2/c1-17-8-9-24-22(12-17)14-23(26(24)29)13-20-10-11-27(16-25(20)19(3)28)15-21-7-5-4-6-18(21)2/h4-12,16,23H,13-15H2,1-3H3/q+1. The van der Waals surface area contributed by atoms with Crippen molar-refractivity contribution in [3.8, 4) is 0 Å². The minimum atomic E-state index is -0.0860. The van der Waals surface area contributed by atoms with Crippen LogP contribution in [0.25, 0.3) is 0 Å². The summed E-state index contributed by atoms with van der Waals surface area (Å²) >= 11 is 0. The fraction of sp³-hybridized carbons (Fsp3) is 0.269. The minimum absolute atomic E-state index is 0.0398. The molecule has 0 fully saturated rings. The zero-order chi connectivity index (χ0) is 20.5. The fourth-order valence-corrected chi connectivity index (χ4v) is 4.28. The summed E-state index contributed by atoms with van der Waals surface area (Å²) in [5, 5.41) is 0. The Morgan fingerprint density at radius 3 is 2.62 bits per heavy atom. The molecule has 0 amide bonds. The van der Waals surface area contributed by atoms with Crippen molar-refractivity contribution in [1.82, 2.24) is 0 Å². The minimum Gasteiger partial charge on any atom is -0.294 e. The Kier molecular flexibility index (Phi) is 5.14. The van der Waals surface area contributed by atoms with E-state index in [0.29, 0.717) is 12.0 Å². The van der Waals surface area contributed by atoms with Crippen LogP contribution >= 0.6 is 0 Å². The number of nitrogens with zero attached hydrogens (tertiary/aromatic N) is 1. The Bertz CT molecular complexity index is 1110. The van der Waals surface area contributed by atoms with Gasteiger partial charge in [-0.1, -0.05) is 48.0 Å². The van der Waals surface area contributed by atoms with Gasteiger partial charge in [-0.05, 0) is 50.3 Å². The van der Waals surface area contributed by atoms with Crippen LogP contribution in [-0.4, -0.2) is 11.6 Å². The summed E-state index contributed by atoms with van der Waals surface area (Å²) < 4.78 is 2.05. The third-order valence-corrected chi connectivity index (χ3v) is 5.93. The number of hydrogen-bond donors (Lipinski definition) is 0. The SMILES string of the molecule is CC(=O)c1c[n+](Cc2ccccc2C)ccc1CC1Cc2cc(C)ccc2C1=O. The maximum atomic E-state index is 12.8. The molecule has 29 heavy (non-hydrogen) atoms. The van der Waals surface area contributed by atoms with Crippen LogP contribution in [0.3, 0.4) is 0 Å². The van der Waals surface area contributed by atoms with Crippen molar-refractivity contribution in [3.05, 3.63) is 99.9 Å². The second-order valence-corrected chi connectivity index (χ2v) is 8.17. The van der Waals surface area contributed by atoms with E-state index in [4.69, 9.17) is 0 Å². The van der Waals surface area contributed by atoms with Gasteiger partial charge in [-0.3, -0.25) is 9.59 Å². The van der Waals surface area contributed by atoms with E-state index in [0.717, 1.165) is 29.7 Å². The second kappa shape index (κ2) is 7.75. The lowest BCUT2D eigenvalue weighted by Crippen LogP contribution is -2.35. The number of aromatic nitrogens is 1. The number of benzene rings is 2. The molecule has 0 saturated carbocycles. The molecule has 3 heteroatoms. The van der Waals surface area contributed by atoms with Gasteiger partial charge in [-0.25, -0.2) is 4.57 Å². The smallest absolute Gasteiger partial charge is 0.180 e. The monoisotopic (exact) mass is 384 g/mol. The first-order valence-electron chi connectivity index (χ1n) is 10.1. The third kappa shape index (κ3) is 3.91. The number of ketones is 2. The molecule has 0 aliphatic heterocycles. The Labute approximate surface area is 172 Å². The quantitative estimate of drug-likeness (QED) is 0.482. The Morgan fingerprint density at radius 1 is 1.07 bits per heavy atom. The predicted molar refractivity (Wildman–Crippen MR) is 113 cm³/mol. The molecular weight excluding hydrogens is 358 g/mol. The molecule has 1 aromatic heterocycles. The molecule has 3 aromatic rings. The maximum absolute atomic E-state index is 12.8.